The number of rotatable bonds is 7. The van der Waals surface area contributed by atoms with Gasteiger partial charge in [-0.3, -0.25) is 9.48 Å². The molecule has 2 aromatic heterocycles. The third-order valence-electron chi connectivity index (χ3n) is 4.51. The molecule has 1 aromatic carbocycles. The lowest BCUT2D eigenvalue weighted by Gasteiger charge is -2.07. The third-order valence-corrected chi connectivity index (χ3v) is 4.51. The Morgan fingerprint density at radius 3 is 2.59 bits per heavy atom. The van der Waals surface area contributed by atoms with Crippen molar-refractivity contribution in [3.63, 3.8) is 0 Å². The van der Waals surface area contributed by atoms with Crippen LogP contribution in [0.15, 0.2) is 53.1 Å². The van der Waals surface area contributed by atoms with E-state index in [1.54, 1.807) is 17.0 Å². The van der Waals surface area contributed by atoms with Crippen molar-refractivity contribution in [1.29, 1.82) is 0 Å². The van der Waals surface area contributed by atoms with Crippen molar-refractivity contribution >= 4 is 11.9 Å². The zero-order valence-corrected chi connectivity index (χ0v) is 16.1. The fraction of sp³-hybridized carbons (Fsp3) is 0.273. The Balaban J connectivity index is 1.58. The molecule has 0 amide bonds. The second kappa shape index (κ2) is 8.08. The maximum absolute atomic E-state index is 12.2. The number of carbonyl (C=O) groups excluding carboxylic acids is 1. The number of hydrogen-bond donors (Lipinski definition) is 0. The highest BCUT2D eigenvalue weighted by molar-refractivity contribution is 6.07. The summed E-state index contributed by atoms with van der Waals surface area (Å²) in [5, 5.41) is 4.09. The van der Waals surface area contributed by atoms with Crippen molar-refractivity contribution in [2.45, 2.75) is 33.3 Å². The molecular weight excluding hydrogens is 340 g/mol. The summed E-state index contributed by atoms with van der Waals surface area (Å²) in [6.07, 6.45) is 4.74. The van der Waals surface area contributed by atoms with Crippen LogP contribution in [0.3, 0.4) is 0 Å². The van der Waals surface area contributed by atoms with Gasteiger partial charge in [-0.2, -0.15) is 5.10 Å². The van der Waals surface area contributed by atoms with E-state index in [0.717, 1.165) is 11.4 Å². The summed E-state index contributed by atoms with van der Waals surface area (Å²) in [6, 6.07) is 11.7. The maximum atomic E-state index is 12.2. The Hall–Kier alpha value is -3.08. The van der Waals surface area contributed by atoms with Gasteiger partial charge < -0.3 is 9.15 Å². The largest absolute Gasteiger partial charge is 0.486 e. The smallest absolute Gasteiger partial charge is 0.189 e. The molecule has 0 unspecified atom stereocenters. The number of nitrogens with zero attached hydrogens (tertiary/aromatic N) is 2. The van der Waals surface area contributed by atoms with Crippen molar-refractivity contribution in [2.75, 3.05) is 0 Å². The van der Waals surface area contributed by atoms with Gasteiger partial charge in [0, 0.05) is 12.7 Å². The van der Waals surface area contributed by atoms with Crippen molar-refractivity contribution in [2.24, 2.45) is 7.05 Å². The van der Waals surface area contributed by atoms with Crippen LogP contribution in [0.5, 0.6) is 5.75 Å². The lowest BCUT2D eigenvalue weighted by Crippen LogP contribution is -1.98. The van der Waals surface area contributed by atoms with Gasteiger partial charge in [-0.15, -0.1) is 0 Å². The van der Waals surface area contributed by atoms with E-state index in [1.807, 2.05) is 38.2 Å². The number of furan rings is 1. The number of benzene rings is 1. The lowest BCUT2D eigenvalue weighted by molar-refractivity contribution is 0.104. The van der Waals surface area contributed by atoms with E-state index in [1.165, 1.54) is 11.6 Å². The Bertz CT molecular complexity index is 946. The minimum atomic E-state index is -0.0972. The number of allylic oxidation sites excluding steroid dienone is 1. The topological polar surface area (TPSA) is 57.3 Å². The first kappa shape index (κ1) is 18.7. The Morgan fingerprint density at radius 1 is 1.22 bits per heavy atom. The minimum Gasteiger partial charge on any atom is -0.486 e. The van der Waals surface area contributed by atoms with Crippen LogP contribution in [0, 0.1) is 6.92 Å². The molecule has 0 fully saturated rings. The number of aryl methyl sites for hydroxylation is 1. The van der Waals surface area contributed by atoms with Gasteiger partial charge in [-0.25, -0.2) is 0 Å². The molecule has 0 aliphatic carbocycles. The standard InChI is InChI=1S/C22H24N2O3/c1-15(2)17-5-7-18(8-6-17)26-14-20-10-9-19(27-20)11-12-22(25)21-13-23-24(4)16(21)3/h5-13,15H,14H2,1-4H3/b12-11+. The molecule has 0 atom stereocenters. The van der Waals surface area contributed by atoms with Crippen LogP contribution in [-0.2, 0) is 13.7 Å². The van der Waals surface area contributed by atoms with E-state index in [4.69, 9.17) is 9.15 Å². The van der Waals surface area contributed by atoms with Crippen molar-refractivity contribution in [3.05, 3.63) is 77.0 Å². The maximum Gasteiger partial charge on any atom is 0.189 e. The normalized spacial score (nSPS) is 11.4. The van der Waals surface area contributed by atoms with E-state index in [0.29, 0.717) is 29.6 Å². The molecule has 0 saturated carbocycles. The molecule has 0 saturated heterocycles. The first-order chi connectivity index (χ1) is 12.9. The summed E-state index contributed by atoms with van der Waals surface area (Å²) in [6.45, 7) is 6.52. The first-order valence-electron chi connectivity index (χ1n) is 8.96. The molecule has 3 rings (SSSR count). The second-order valence-corrected chi connectivity index (χ2v) is 6.78. The number of ether oxygens (including phenoxy) is 1. The molecule has 3 aromatic rings. The van der Waals surface area contributed by atoms with Crippen LogP contribution in [0.4, 0.5) is 0 Å². The molecule has 0 N–H and O–H groups in total. The van der Waals surface area contributed by atoms with Gasteiger partial charge in [0.2, 0.25) is 0 Å². The van der Waals surface area contributed by atoms with Crippen LogP contribution in [0.25, 0.3) is 6.08 Å². The predicted octanol–water partition coefficient (Wildman–Crippen LogP) is 4.92. The molecule has 0 aliphatic heterocycles. The summed E-state index contributed by atoms with van der Waals surface area (Å²) in [4.78, 5) is 12.2. The van der Waals surface area contributed by atoms with Gasteiger partial charge in [0.05, 0.1) is 11.8 Å². The molecule has 0 spiro atoms. The van der Waals surface area contributed by atoms with E-state index >= 15 is 0 Å². The van der Waals surface area contributed by atoms with Crippen LogP contribution < -0.4 is 4.74 Å². The SMILES string of the molecule is Cc1c(C(=O)/C=C/c2ccc(COc3ccc(C(C)C)cc3)o2)cnn1C. The van der Waals surface area contributed by atoms with Gasteiger partial charge in [0.25, 0.3) is 0 Å². The molecule has 140 valence electrons. The summed E-state index contributed by atoms with van der Waals surface area (Å²) >= 11 is 0. The van der Waals surface area contributed by atoms with Crippen LogP contribution in [0.1, 0.15) is 52.9 Å². The quantitative estimate of drug-likeness (QED) is 0.441. The first-order valence-corrected chi connectivity index (χ1v) is 8.96. The monoisotopic (exact) mass is 364 g/mol. The summed E-state index contributed by atoms with van der Waals surface area (Å²) in [5.74, 6) is 2.51. The summed E-state index contributed by atoms with van der Waals surface area (Å²) < 4.78 is 13.1. The molecular formula is C22H24N2O3. The number of aromatic nitrogens is 2. The number of hydrogen-bond acceptors (Lipinski definition) is 4. The third kappa shape index (κ3) is 4.56. The predicted molar refractivity (Wildman–Crippen MR) is 105 cm³/mol. The van der Waals surface area contributed by atoms with Gasteiger partial charge >= 0.3 is 0 Å². The summed E-state index contributed by atoms with van der Waals surface area (Å²) in [5.41, 5.74) is 2.71. The number of carbonyl (C=O) groups is 1. The average molecular weight is 364 g/mol. The second-order valence-electron chi connectivity index (χ2n) is 6.78. The Labute approximate surface area is 159 Å². The highest BCUT2D eigenvalue weighted by Gasteiger charge is 2.10. The van der Waals surface area contributed by atoms with E-state index in [2.05, 4.69) is 31.1 Å². The van der Waals surface area contributed by atoms with Crippen LogP contribution in [-0.4, -0.2) is 15.6 Å². The molecule has 5 heteroatoms. The molecule has 27 heavy (non-hydrogen) atoms. The van der Waals surface area contributed by atoms with E-state index in [-0.39, 0.29) is 5.78 Å². The average Bonchev–Trinajstić information content (AvgIpc) is 3.25. The Kier molecular flexibility index (Phi) is 5.60. The van der Waals surface area contributed by atoms with E-state index in [9.17, 15) is 4.79 Å². The molecule has 0 aliphatic rings. The highest BCUT2D eigenvalue weighted by atomic mass is 16.5. The van der Waals surface area contributed by atoms with Crippen molar-refractivity contribution < 1.29 is 13.9 Å². The zero-order valence-electron chi connectivity index (χ0n) is 16.1. The molecule has 2 heterocycles. The van der Waals surface area contributed by atoms with Crippen LogP contribution >= 0.6 is 0 Å². The minimum absolute atomic E-state index is 0.0972. The highest BCUT2D eigenvalue weighted by Crippen LogP contribution is 2.20. The molecule has 5 nitrogen and oxygen atoms in total. The van der Waals surface area contributed by atoms with Gasteiger partial charge in [0.15, 0.2) is 5.78 Å². The van der Waals surface area contributed by atoms with Gasteiger partial charge in [0.1, 0.15) is 23.9 Å². The fourth-order valence-electron chi connectivity index (χ4n) is 2.65. The van der Waals surface area contributed by atoms with Crippen LogP contribution in [0.2, 0.25) is 0 Å². The molecule has 0 bridgehead atoms. The van der Waals surface area contributed by atoms with Gasteiger partial charge in [-0.1, -0.05) is 26.0 Å². The molecule has 0 radical (unpaired) electrons. The summed E-state index contributed by atoms with van der Waals surface area (Å²) in [7, 11) is 1.81. The number of ketones is 1. The van der Waals surface area contributed by atoms with Crippen molar-refractivity contribution in [3.8, 4) is 5.75 Å². The van der Waals surface area contributed by atoms with Crippen molar-refractivity contribution in [1.82, 2.24) is 9.78 Å². The lowest BCUT2D eigenvalue weighted by atomic mass is 10.0. The fourth-order valence-corrected chi connectivity index (χ4v) is 2.65. The Morgan fingerprint density at radius 2 is 1.96 bits per heavy atom. The van der Waals surface area contributed by atoms with Gasteiger partial charge in [-0.05, 0) is 54.8 Å². The zero-order chi connectivity index (χ0) is 19.4. The van der Waals surface area contributed by atoms with E-state index < -0.39 is 0 Å².